The van der Waals surface area contributed by atoms with Gasteiger partial charge in [0, 0.05) is 30.2 Å². The van der Waals surface area contributed by atoms with Gasteiger partial charge in [-0.1, -0.05) is 19.3 Å². The Labute approximate surface area is 138 Å². The molecule has 1 aliphatic carbocycles. The number of nitrogens with zero attached hydrogens (tertiary/aromatic N) is 2. The zero-order valence-electron chi connectivity index (χ0n) is 13.1. The van der Waals surface area contributed by atoms with Crippen LogP contribution in [0.2, 0.25) is 0 Å². The van der Waals surface area contributed by atoms with Crippen molar-refractivity contribution in [3.05, 3.63) is 47.8 Å². The molecule has 1 saturated carbocycles. The van der Waals surface area contributed by atoms with Gasteiger partial charge in [0.25, 0.3) is 5.91 Å². The van der Waals surface area contributed by atoms with Crippen LogP contribution in [0.4, 0.5) is 20.4 Å². The van der Waals surface area contributed by atoms with E-state index in [9.17, 15) is 13.6 Å². The summed E-state index contributed by atoms with van der Waals surface area (Å²) in [6.07, 6.45) is 8.69. The van der Waals surface area contributed by atoms with Gasteiger partial charge in [0.1, 0.15) is 0 Å². The number of benzene rings is 1. The first kappa shape index (κ1) is 16.3. The van der Waals surface area contributed by atoms with Crippen molar-refractivity contribution in [1.82, 2.24) is 9.97 Å². The molecular formula is C17H18F2N4O. The first-order valence-electron chi connectivity index (χ1n) is 7.97. The summed E-state index contributed by atoms with van der Waals surface area (Å²) in [6.45, 7) is 0. The average molecular weight is 332 g/mol. The topological polar surface area (TPSA) is 66.9 Å². The fraction of sp³-hybridized carbons (Fsp3) is 0.353. The number of rotatable bonds is 4. The standard InChI is InChI=1S/C17H18F2N4O/c18-14-7-6-13(8-15(14)19)22-16(24)11-9-20-17(21-10-11)23-12-4-2-1-3-5-12/h6-10,12H,1-5H2,(H,22,24)(H,20,21,23). The Morgan fingerprint density at radius 1 is 1.04 bits per heavy atom. The zero-order chi connectivity index (χ0) is 16.9. The maximum atomic E-state index is 13.1. The molecule has 0 spiro atoms. The van der Waals surface area contributed by atoms with Gasteiger partial charge in [-0.25, -0.2) is 18.7 Å². The van der Waals surface area contributed by atoms with E-state index in [0.717, 1.165) is 25.0 Å². The van der Waals surface area contributed by atoms with Crippen LogP contribution in [-0.2, 0) is 0 Å². The van der Waals surface area contributed by atoms with Crippen LogP contribution in [0.5, 0.6) is 0 Å². The van der Waals surface area contributed by atoms with Gasteiger partial charge in [0.05, 0.1) is 5.56 Å². The molecule has 0 atom stereocenters. The van der Waals surface area contributed by atoms with Crippen LogP contribution in [0, 0.1) is 11.6 Å². The first-order valence-corrected chi connectivity index (χ1v) is 7.97. The van der Waals surface area contributed by atoms with Crippen LogP contribution < -0.4 is 10.6 Å². The molecule has 1 amide bonds. The summed E-state index contributed by atoms with van der Waals surface area (Å²) in [5.41, 5.74) is 0.414. The van der Waals surface area contributed by atoms with Gasteiger partial charge in [0.2, 0.25) is 5.95 Å². The van der Waals surface area contributed by atoms with E-state index in [4.69, 9.17) is 0 Å². The second-order valence-corrected chi connectivity index (χ2v) is 5.86. The predicted octanol–water partition coefficient (Wildman–Crippen LogP) is 3.75. The number of halogens is 2. The third-order valence-electron chi connectivity index (χ3n) is 4.03. The van der Waals surface area contributed by atoms with Crippen molar-refractivity contribution in [3.63, 3.8) is 0 Å². The van der Waals surface area contributed by atoms with Gasteiger partial charge in [-0.05, 0) is 25.0 Å². The molecule has 3 rings (SSSR count). The van der Waals surface area contributed by atoms with Gasteiger partial charge in [-0.2, -0.15) is 0 Å². The van der Waals surface area contributed by atoms with E-state index in [1.807, 2.05) is 0 Å². The summed E-state index contributed by atoms with van der Waals surface area (Å²) in [5.74, 6) is -1.97. The van der Waals surface area contributed by atoms with Gasteiger partial charge in [-0.3, -0.25) is 4.79 Å². The molecule has 0 radical (unpaired) electrons. The van der Waals surface area contributed by atoms with Gasteiger partial charge in [-0.15, -0.1) is 0 Å². The van der Waals surface area contributed by atoms with Crippen LogP contribution in [0.15, 0.2) is 30.6 Å². The Balaban J connectivity index is 1.61. The molecule has 5 nitrogen and oxygen atoms in total. The monoisotopic (exact) mass is 332 g/mol. The maximum Gasteiger partial charge on any atom is 0.258 e. The summed E-state index contributed by atoms with van der Waals surface area (Å²) in [5, 5.41) is 5.75. The molecule has 24 heavy (non-hydrogen) atoms. The number of carbonyl (C=O) groups is 1. The Kier molecular flexibility index (Phi) is 4.98. The highest BCUT2D eigenvalue weighted by atomic mass is 19.2. The molecule has 126 valence electrons. The number of nitrogens with one attached hydrogen (secondary N) is 2. The van der Waals surface area contributed by atoms with Crippen LogP contribution in [0.25, 0.3) is 0 Å². The number of amides is 1. The van der Waals surface area contributed by atoms with Crippen molar-refractivity contribution in [2.45, 2.75) is 38.1 Å². The largest absolute Gasteiger partial charge is 0.351 e. The molecular weight excluding hydrogens is 314 g/mol. The molecule has 1 fully saturated rings. The molecule has 2 aromatic rings. The Bertz CT molecular complexity index is 715. The number of hydrogen-bond donors (Lipinski definition) is 2. The van der Waals surface area contributed by atoms with Crippen molar-refractivity contribution in [3.8, 4) is 0 Å². The maximum absolute atomic E-state index is 13.1. The Morgan fingerprint density at radius 2 is 1.75 bits per heavy atom. The highest BCUT2D eigenvalue weighted by Crippen LogP contribution is 2.20. The second-order valence-electron chi connectivity index (χ2n) is 5.86. The van der Waals surface area contributed by atoms with Gasteiger partial charge < -0.3 is 10.6 Å². The third kappa shape index (κ3) is 4.04. The highest BCUT2D eigenvalue weighted by molar-refractivity contribution is 6.03. The first-order chi connectivity index (χ1) is 11.6. The molecule has 0 aliphatic heterocycles. The van der Waals surface area contributed by atoms with Crippen molar-refractivity contribution < 1.29 is 13.6 Å². The third-order valence-corrected chi connectivity index (χ3v) is 4.03. The van der Waals surface area contributed by atoms with E-state index < -0.39 is 17.5 Å². The van der Waals surface area contributed by atoms with Crippen LogP contribution in [0.3, 0.4) is 0 Å². The lowest BCUT2D eigenvalue weighted by Gasteiger charge is -2.22. The summed E-state index contributed by atoms with van der Waals surface area (Å²) >= 11 is 0. The quantitative estimate of drug-likeness (QED) is 0.895. The minimum atomic E-state index is -1.02. The zero-order valence-corrected chi connectivity index (χ0v) is 13.1. The summed E-state index contributed by atoms with van der Waals surface area (Å²) in [6, 6.07) is 3.54. The smallest absolute Gasteiger partial charge is 0.258 e. The second kappa shape index (κ2) is 7.33. The fourth-order valence-corrected chi connectivity index (χ4v) is 2.73. The van der Waals surface area contributed by atoms with E-state index in [1.165, 1.54) is 37.7 Å². The molecule has 1 aromatic heterocycles. The number of aromatic nitrogens is 2. The van der Waals surface area contributed by atoms with E-state index in [-0.39, 0.29) is 11.3 Å². The lowest BCUT2D eigenvalue weighted by atomic mass is 9.96. The van der Waals surface area contributed by atoms with Crippen molar-refractivity contribution in [2.75, 3.05) is 10.6 Å². The fourth-order valence-electron chi connectivity index (χ4n) is 2.73. The van der Waals surface area contributed by atoms with Crippen LogP contribution in [-0.4, -0.2) is 21.9 Å². The molecule has 0 unspecified atom stereocenters. The molecule has 0 saturated heterocycles. The lowest BCUT2D eigenvalue weighted by Crippen LogP contribution is -2.23. The van der Waals surface area contributed by atoms with Crippen molar-refractivity contribution >= 4 is 17.5 Å². The SMILES string of the molecule is O=C(Nc1ccc(F)c(F)c1)c1cnc(NC2CCCCC2)nc1. The van der Waals surface area contributed by atoms with Gasteiger partial charge >= 0.3 is 0 Å². The van der Waals surface area contributed by atoms with E-state index in [0.29, 0.717) is 12.0 Å². The van der Waals surface area contributed by atoms with E-state index in [2.05, 4.69) is 20.6 Å². The van der Waals surface area contributed by atoms with E-state index >= 15 is 0 Å². The predicted molar refractivity (Wildman–Crippen MR) is 86.8 cm³/mol. The minimum Gasteiger partial charge on any atom is -0.351 e. The number of hydrogen-bond acceptors (Lipinski definition) is 4. The van der Waals surface area contributed by atoms with E-state index in [1.54, 1.807) is 0 Å². The highest BCUT2D eigenvalue weighted by Gasteiger charge is 2.15. The molecule has 7 heteroatoms. The van der Waals surface area contributed by atoms with Gasteiger partial charge in [0.15, 0.2) is 11.6 Å². The van der Waals surface area contributed by atoms with Crippen LogP contribution in [0.1, 0.15) is 42.5 Å². The Hall–Kier alpha value is -2.57. The molecule has 2 N–H and O–H groups in total. The average Bonchev–Trinajstić information content (AvgIpc) is 2.60. The molecule has 0 bridgehead atoms. The Morgan fingerprint density at radius 3 is 2.42 bits per heavy atom. The molecule has 1 aromatic carbocycles. The van der Waals surface area contributed by atoms with Crippen LogP contribution >= 0.6 is 0 Å². The number of carbonyl (C=O) groups excluding carboxylic acids is 1. The summed E-state index contributed by atoms with van der Waals surface area (Å²) in [4.78, 5) is 20.4. The molecule has 1 aliphatic rings. The summed E-state index contributed by atoms with van der Waals surface area (Å²) < 4.78 is 26.0. The molecule has 1 heterocycles. The normalized spacial score (nSPS) is 15.1. The van der Waals surface area contributed by atoms with Crippen molar-refractivity contribution in [2.24, 2.45) is 0 Å². The minimum absolute atomic E-state index is 0.170. The van der Waals surface area contributed by atoms with Crippen molar-refractivity contribution in [1.29, 1.82) is 0 Å². The lowest BCUT2D eigenvalue weighted by molar-refractivity contribution is 0.102. The summed E-state index contributed by atoms with van der Waals surface area (Å²) in [7, 11) is 0. The number of anilines is 2.